The van der Waals surface area contributed by atoms with Crippen LogP contribution in [0.2, 0.25) is 0 Å². The minimum absolute atomic E-state index is 0.117. The summed E-state index contributed by atoms with van der Waals surface area (Å²) >= 11 is 0. The zero-order valence-corrected chi connectivity index (χ0v) is 16.9. The molecule has 0 bridgehead atoms. The third-order valence-electron chi connectivity index (χ3n) is 6.10. The number of rotatable bonds is 4. The van der Waals surface area contributed by atoms with E-state index in [0.717, 1.165) is 43.7 Å². The van der Waals surface area contributed by atoms with E-state index in [-0.39, 0.29) is 11.8 Å². The molecule has 2 fully saturated rings. The van der Waals surface area contributed by atoms with Crippen molar-refractivity contribution < 1.29 is 14.3 Å². The molecule has 1 saturated carbocycles. The second-order valence-electron chi connectivity index (χ2n) is 7.97. The third kappa shape index (κ3) is 4.63. The predicted octanol–water partition coefficient (Wildman–Crippen LogP) is 3.11. The minimum Gasteiger partial charge on any atom is -0.496 e. The van der Waals surface area contributed by atoms with Crippen molar-refractivity contribution in [2.75, 3.05) is 33.3 Å². The van der Waals surface area contributed by atoms with Gasteiger partial charge in [-0.1, -0.05) is 18.9 Å². The lowest BCUT2D eigenvalue weighted by atomic mass is 10.0. The standard InChI is InChI=1S/C22H32N2O3/c1-16-13-19(20(27-3)14-17(16)2)15-21(25)23-9-6-10-24(12-11-23)22(26)18-7-4-5-8-18/h13-14,18H,4-12,15H2,1-3H3. The molecule has 0 unspecified atom stereocenters. The van der Waals surface area contributed by atoms with Crippen molar-refractivity contribution in [1.29, 1.82) is 0 Å². The Morgan fingerprint density at radius 1 is 0.963 bits per heavy atom. The summed E-state index contributed by atoms with van der Waals surface area (Å²) in [5.74, 6) is 1.41. The van der Waals surface area contributed by atoms with Crippen LogP contribution in [0.15, 0.2) is 12.1 Å². The number of carbonyl (C=O) groups excluding carboxylic acids is 2. The molecule has 3 rings (SSSR count). The molecule has 5 heteroatoms. The number of amides is 2. The Hall–Kier alpha value is -2.04. The van der Waals surface area contributed by atoms with Gasteiger partial charge < -0.3 is 14.5 Å². The van der Waals surface area contributed by atoms with E-state index in [9.17, 15) is 9.59 Å². The molecule has 27 heavy (non-hydrogen) atoms. The molecule has 0 spiro atoms. The molecule has 2 aliphatic rings. The molecule has 148 valence electrons. The lowest BCUT2D eigenvalue weighted by Gasteiger charge is -2.24. The van der Waals surface area contributed by atoms with Crippen LogP contribution in [-0.4, -0.2) is 54.9 Å². The first-order valence-electron chi connectivity index (χ1n) is 10.2. The van der Waals surface area contributed by atoms with Crippen LogP contribution in [0.4, 0.5) is 0 Å². The van der Waals surface area contributed by atoms with Crippen molar-refractivity contribution in [1.82, 2.24) is 9.80 Å². The first-order chi connectivity index (χ1) is 13.0. The van der Waals surface area contributed by atoms with Gasteiger partial charge >= 0.3 is 0 Å². The van der Waals surface area contributed by atoms with Crippen molar-refractivity contribution in [2.45, 2.75) is 52.4 Å². The first-order valence-corrected chi connectivity index (χ1v) is 10.2. The smallest absolute Gasteiger partial charge is 0.227 e. The molecule has 1 aromatic rings. The molecule has 1 aromatic carbocycles. The molecule has 1 heterocycles. The lowest BCUT2D eigenvalue weighted by molar-refractivity contribution is -0.136. The van der Waals surface area contributed by atoms with E-state index in [4.69, 9.17) is 4.74 Å². The van der Waals surface area contributed by atoms with Gasteiger partial charge in [-0.2, -0.15) is 0 Å². The van der Waals surface area contributed by atoms with Crippen LogP contribution in [0, 0.1) is 19.8 Å². The summed E-state index contributed by atoms with van der Waals surface area (Å²) in [6.07, 6.45) is 5.61. The summed E-state index contributed by atoms with van der Waals surface area (Å²) in [7, 11) is 1.65. The molecule has 1 aliphatic carbocycles. The van der Waals surface area contributed by atoms with Crippen molar-refractivity contribution in [3.63, 3.8) is 0 Å². The van der Waals surface area contributed by atoms with Crippen molar-refractivity contribution in [3.05, 3.63) is 28.8 Å². The van der Waals surface area contributed by atoms with Gasteiger partial charge in [0.15, 0.2) is 0 Å². The maximum Gasteiger partial charge on any atom is 0.227 e. The molecule has 0 radical (unpaired) electrons. The minimum atomic E-state index is 0.117. The summed E-state index contributed by atoms with van der Waals surface area (Å²) in [6, 6.07) is 4.06. The van der Waals surface area contributed by atoms with Gasteiger partial charge in [0, 0.05) is 37.7 Å². The summed E-state index contributed by atoms with van der Waals surface area (Å²) in [4.78, 5) is 29.5. The third-order valence-corrected chi connectivity index (χ3v) is 6.10. The van der Waals surface area contributed by atoms with Crippen LogP contribution in [0.1, 0.15) is 48.8 Å². The van der Waals surface area contributed by atoms with Gasteiger partial charge in [0.05, 0.1) is 13.5 Å². The van der Waals surface area contributed by atoms with E-state index in [0.29, 0.717) is 25.4 Å². The van der Waals surface area contributed by atoms with Crippen LogP contribution in [0.3, 0.4) is 0 Å². The summed E-state index contributed by atoms with van der Waals surface area (Å²) in [5.41, 5.74) is 3.27. The van der Waals surface area contributed by atoms with Crippen LogP contribution >= 0.6 is 0 Å². The van der Waals surface area contributed by atoms with Crippen LogP contribution in [0.5, 0.6) is 5.75 Å². The van der Waals surface area contributed by atoms with Crippen LogP contribution in [0.25, 0.3) is 0 Å². The van der Waals surface area contributed by atoms with Crippen molar-refractivity contribution in [3.8, 4) is 5.75 Å². The van der Waals surface area contributed by atoms with E-state index >= 15 is 0 Å². The number of hydrogen-bond donors (Lipinski definition) is 0. The molecular formula is C22H32N2O3. The predicted molar refractivity (Wildman–Crippen MR) is 106 cm³/mol. The Morgan fingerprint density at radius 2 is 1.59 bits per heavy atom. The summed E-state index contributed by atoms with van der Waals surface area (Å²) in [6.45, 7) is 6.89. The number of carbonyl (C=O) groups is 2. The zero-order valence-electron chi connectivity index (χ0n) is 16.9. The Morgan fingerprint density at radius 3 is 2.30 bits per heavy atom. The van der Waals surface area contributed by atoms with E-state index in [2.05, 4.69) is 13.0 Å². The van der Waals surface area contributed by atoms with Crippen LogP contribution in [-0.2, 0) is 16.0 Å². The van der Waals surface area contributed by atoms with E-state index in [1.54, 1.807) is 7.11 Å². The molecule has 0 aromatic heterocycles. The van der Waals surface area contributed by atoms with E-state index < -0.39 is 0 Å². The normalized spacial score (nSPS) is 18.5. The average Bonchev–Trinajstić information content (AvgIpc) is 3.08. The van der Waals surface area contributed by atoms with Gasteiger partial charge in [-0.05, 0) is 50.3 Å². The number of ether oxygens (including phenoxy) is 1. The highest BCUT2D eigenvalue weighted by atomic mass is 16.5. The number of benzene rings is 1. The van der Waals surface area contributed by atoms with Gasteiger partial charge in [0.1, 0.15) is 5.75 Å². The SMILES string of the molecule is COc1cc(C)c(C)cc1CC(=O)N1CCCN(C(=O)C2CCCC2)CC1. The Labute approximate surface area is 162 Å². The number of aryl methyl sites for hydroxylation is 2. The van der Waals surface area contributed by atoms with Crippen molar-refractivity contribution >= 4 is 11.8 Å². The van der Waals surface area contributed by atoms with Gasteiger partial charge in [0.2, 0.25) is 11.8 Å². The quantitative estimate of drug-likeness (QED) is 0.816. The maximum atomic E-state index is 12.9. The Bertz CT molecular complexity index is 695. The molecule has 5 nitrogen and oxygen atoms in total. The van der Waals surface area contributed by atoms with Gasteiger partial charge in [-0.25, -0.2) is 0 Å². The highest BCUT2D eigenvalue weighted by Gasteiger charge is 2.29. The summed E-state index contributed by atoms with van der Waals surface area (Å²) in [5, 5.41) is 0. The fourth-order valence-electron chi connectivity index (χ4n) is 4.27. The van der Waals surface area contributed by atoms with Crippen molar-refractivity contribution in [2.24, 2.45) is 5.92 Å². The topological polar surface area (TPSA) is 49.9 Å². The molecule has 0 atom stereocenters. The highest BCUT2D eigenvalue weighted by molar-refractivity contribution is 5.81. The van der Waals surface area contributed by atoms with Gasteiger partial charge in [-0.3, -0.25) is 9.59 Å². The lowest BCUT2D eigenvalue weighted by Crippen LogP contribution is -2.39. The Kier molecular flexibility index (Phi) is 6.40. The maximum absolute atomic E-state index is 12.9. The number of nitrogens with zero attached hydrogens (tertiary/aromatic N) is 2. The van der Waals surface area contributed by atoms with E-state index in [1.165, 1.54) is 24.0 Å². The molecule has 2 amide bonds. The van der Waals surface area contributed by atoms with Gasteiger partial charge in [0.25, 0.3) is 0 Å². The summed E-state index contributed by atoms with van der Waals surface area (Å²) < 4.78 is 5.48. The first kappa shape index (κ1) is 19.7. The second kappa shape index (κ2) is 8.77. The second-order valence-corrected chi connectivity index (χ2v) is 7.97. The molecule has 0 N–H and O–H groups in total. The monoisotopic (exact) mass is 372 g/mol. The Balaban J connectivity index is 1.61. The largest absolute Gasteiger partial charge is 0.496 e. The number of hydrogen-bond acceptors (Lipinski definition) is 3. The fourth-order valence-corrected chi connectivity index (χ4v) is 4.27. The molecular weight excluding hydrogens is 340 g/mol. The molecule has 1 saturated heterocycles. The highest BCUT2D eigenvalue weighted by Crippen LogP contribution is 2.27. The van der Waals surface area contributed by atoms with E-state index in [1.807, 2.05) is 22.8 Å². The fraction of sp³-hybridized carbons (Fsp3) is 0.636. The molecule has 1 aliphatic heterocycles. The zero-order chi connectivity index (χ0) is 19.4. The number of methoxy groups -OCH3 is 1. The van der Waals surface area contributed by atoms with Gasteiger partial charge in [-0.15, -0.1) is 0 Å². The average molecular weight is 373 g/mol. The van der Waals surface area contributed by atoms with Crippen LogP contribution < -0.4 is 4.74 Å².